The van der Waals surface area contributed by atoms with Gasteiger partial charge in [-0.3, -0.25) is 5.32 Å². The summed E-state index contributed by atoms with van der Waals surface area (Å²) in [6, 6.07) is 9.83. The van der Waals surface area contributed by atoms with Crippen LogP contribution in [0.25, 0.3) is 11.2 Å². The van der Waals surface area contributed by atoms with Gasteiger partial charge < -0.3 is 9.30 Å². The molecule has 0 saturated carbocycles. The van der Waals surface area contributed by atoms with Crippen molar-refractivity contribution in [2.45, 2.75) is 60.1 Å². The molecule has 3 rings (SSSR count). The van der Waals surface area contributed by atoms with E-state index in [0.717, 1.165) is 40.2 Å². The molecule has 0 saturated heterocycles. The molecule has 0 spiro atoms. The van der Waals surface area contributed by atoms with Gasteiger partial charge in [0.25, 0.3) is 0 Å². The van der Waals surface area contributed by atoms with Gasteiger partial charge >= 0.3 is 6.09 Å². The second kappa shape index (κ2) is 7.62. The van der Waals surface area contributed by atoms with Gasteiger partial charge in [-0.05, 0) is 63.9 Å². The first kappa shape index (κ1) is 19.9. The van der Waals surface area contributed by atoms with E-state index in [1.165, 1.54) is 0 Å². The Balaban J connectivity index is 1.82. The van der Waals surface area contributed by atoms with E-state index in [-0.39, 0.29) is 0 Å². The van der Waals surface area contributed by atoms with Crippen LogP contribution in [0.4, 0.5) is 10.5 Å². The van der Waals surface area contributed by atoms with Crippen molar-refractivity contribution in [1.82, 2.24) is 14.5 Å². The quantitative estimate of drug-likeness (QED) is 0.691. The number of benzene rings is 1. The van der Waals surface area contributed by atoms with Crippen LogP contribution in [0.15, 0.2) is 30.3 Å². The molecule has 0 bridgehead atoms. The van der Waals surface area contributed by atoms with Crippen molar-refractivity contribution < 1.29 is 9.53 Å². The number of nitrogens with zero attached hydrogens (tertiary/aromatic N) is 3. The molecule has 2 aromatic heterocycles. The maximum Gasteiger partial charge on any atom is 0.412 e. The monoisotopic (exact) mass is 380 g/mol. The largest absolute Gasteiger partial charge is 0.444 e. The van der Waals surface area contributed by atoms with Crippen LogP contribution in [0, 0.1) is 13.8 Å². The number of hydrogen-bond donors (Lipinski definition) is 1. The first-order valence-electron chi connectivity index (χ1n) is 9.58. The molecule has 0 radical (unpaired) electrons. The highest BCUT2D eigenvalue weighted by Crippen LogP contribution is 2.21. The summed E-state index contributed by atoms with van der Waals surface area (Å²) in [5, 5.41) is 2.76. The summed E-state index contributed by atoms with van der Waals surface area (Å²) >= 11 is 0. The minimum absolute atomic E-state index is 0.454. The Kier molecular flexibility index (Phi) is 5.40. The molecule has 1 amide bonds. The Morgan fingerprint density at radius 3 is 2.43 bits per heavy atom. The van der Waals surface area contributed by atoms with Gasteiger partial charge in [0, 0.05) is 17.8 Å². The fourth-order valence-electron chi connectivity index (χ4n) is 3.18. The van der Waals surface area contributed by atoms with E-state index in [9.17, 15) is 4.79 Å². The minimum atomic E-state index is -0.522. The number of aromatic nitrogens is 3. The van der Waals surface area contributed by atoms with Gasteiger partial charge in [-0.2, -0.15) is 0 Å². The van der Waals surface area contributed by atoms with Crippen molar-refractivity contribution >= 4 is 22.9 Å². The fourth-order valence-corrected chi connectivity index (χ4v) is 3.18. The molecule has 6 heteroatoms. The number of carbonyl (C=O) groups is 1. The van der Waals surface area contributed by atoms with Gasteiger partial charge in [0.2, 0.25) is 0 Å². The molecule has 1 aromatic carbocycles. The molecule has 2 heterocycles. The molecule has 0 aliphatic rings. The summed E-state index contributed by atoms with van der Waals surface area (Å²) in [6.45, 7) is 12.4. The van der Waals surface area contributed by atoms with Crippen molar-refractivity contribution in [3.05, 3.63) is 53.0 Å². The first-order valence-corrected chi connectivity index (χ1v) is 9.58. The van der Waals surface area contributed by atoms with Gasteiger partial charge in [-0.15, -0.1) is 0 Å². The van der Waals surface area contributed by atoms with Crippen molar-refractivity contribution in [1.29, 1.82) is 0 Å². The van der Waals surface area contributed by atoms with Crippen LogP contribution >= 0.6 is 0 Å². The van der Waals surface area contributed by atoms with Crippen molar-refractivity contribution in [2.75, 3.05) is 5.32 Å². The van der Waals surface area contributed by atoms with E-state index < -0.39 is 11.7 Å². The number of fused-ring (bicyclic) bond motifs is 1. The number of nitrogens with one attached hydrogen (secondary N) is 1. The number of ether oxygens (including phenoxy) is 1. The van der Waals surface area contributed by atoms with Gasteiger partial charge in [0.1, 0.15) is 16.9 Å². The second-order valence-electron chi connectivity index (χ2n) is 8.04. The lowest BCUT2D eigenvalue weighted by atomic mass is 10.2. The molecule has 0 aliphatic carbocycles. The normalized spacial score (nSPS) is 11.6. The number of aryl methyl sites for hydroxylation is 3. The Bertz CT molecular complexity index is 998. The average molecular weight is 380 g/mol. The molecule has 0 aliphatic heterocycles. The molecule has 1 N–H and O–H groups in total. The summed E-state index contributed by atoms with van der Waals surface area (Å²) in [7, 11) is 0. The van der Waals surface area contributed by atoms with E-state index in [0.29, 0.717) is 12.2 Å². The molecule has 0 fully saturated rings. The summed E-state index contributed by atoms with van der Waals surface area (Å²) in [6.07, 6.45) is 0.386. The summed E-state index contributed by atoms with van der Waals surface area (Å²) in [5.41, 5.74) is 5.32. The standard InChI is InChI=1S/C22H28N4O2/c1-7-18-25-19-14(2)12-15(3)23-20(19)26(18)13-16-8-10-17(11-9-16)24-21(27)28-22(4,5)6/h8-12H,7,13H2,1-6H3,(H,24,27). The Morgan fingerprint density at radius 1 is 1.14 bits per heavy atom. The Hall–Kier alpha value is -2.89. The lowest BCUT2D eigenvalue weighted by molar-refractivity contribution is 0.0636. The maximum absolute atomic E-state index is 11.9. The van der Waals surface area contributed by atoms with Crippen LogP contribution in [0.1, 0.15) is 50.3 Å². The number of rotatable bonds is 4. The zero-order chi connectivity index (χ0) is 20.5. The van der Waals surface area contributed by atoms with Crippen LogP contribution in [0.2, 0.25) is 0 Å². The van der Waals surface area contributed by atoms with Crippen molar-refractivity contribution in [2.24, 2.45) is 0 Å². The van der Waals surface area contributed by atoms with Gasteiger partial charge in [-0.25, -0.2) is 14.8 Å². The Morgan fingerprint density at radius 2 is 1.82 bits per heavy atom. The fraction of sp³-hybridized carbons (Fsp3) is 0.409. The third-order valence-electron chi connectivity index (χ3n) is 4.36. The molecule has 148 valence electrons. The van der Waals surface area contributed by atoms with Gasteiger partial charge in [0.05, 0.1) is 6.54 Å². The minimum Gasteiger partial charge on any atom is -0.444 e. The van der Waals surface area contributed by atoms with Gasteiger partial charge in [0.15, 0.2) is 5.65 Å². The number of carbonyl (C=O) groups excluding carboxylic acids is 1. The van der Waals surface area contributed by atoms with E-state index in [1.54, 1.807) is 0 Å². The third kappa shape index (κ3) is 4.50. The van der Waals surface area contributed by atoms with Crippen LogP contribution in [0.5, 0.6) is 0 Å². The van der Waals surface area contributed by atoms with E-state index in [4.69, 9.17) is 14.7 Å². The summed E-state index contributed by atoms with van der Waals surface area (Å²) < 4.78 is 7.46. The zero-order valence-corrected chi connectivity index (χ0v) is 17.5. The predicted octanol–water partition coefficient (Wildman–Crippen LogP) is 5.01. The molecular formula is C22H28N4O2. The van der Waals surface area contributed by atoms with Crippen LogP contribution in [-0.4, -0.2) is 26.2 Å². The predicted molar refractivity (Wildman–Crippen MR) is 112 cm³/mol. The summed E-state index contributed by atoms with van der Waals surface area (Å²) in [4.78, 5) is 21.4. The van der Waals surface area contributed by atoms with Crippen molar-refractivity contribution in [3.63, 3.8) is 0 Å². The number of anilines is 1. The lowest BCUT2D eigenvalue weighted by Gasteiger charge is -2.19. The molecule has 0 atom stereocenters. The molecule has 0 unspecified atom stereocenters. The molecule has 6 nitrogen and oxygen atoms in total. The highest BCUT2D eigenvalue weighted by Gasteiger charge is 2.16. The van der Waals surface area contributed by atoms with Crippen LogP contribution in [-0.2, 0) is 17.7 Å². The first-order chi connectivity index (χ1) is 13.2. The number of imidazole rings is 1. The highest BCUT2D eigenvalue weighted by atomic mass is 16.6. The van der Waals surface area contributed by atoms with E-state index in [1.807, 2.05) is 52.0 Å². The second-order valence-corrected chi connectivity index (χ2v) is 8.04. The number of hydrogen-bond acceptors (Lipinski definition) is 4. The Labute approximate surface area is 166 Å². The molecule has 28 heavy (non-hydrogen) atoms. The molecular weight excluding hydrogens is 352 g/mol. The third-order valence-corrected chi connectivity index (χ3v) is 4.36. The van der Waals surface area contributed by atoms with Gasteiger partial charge in [-0.1, -0.05) is 19.1 Å². The van der Waals surface area contributed by atoms with Crippen LogP contribution < -0.4 is 5.32 Å². The number of pyridine rings is 1. The lowest BCUT2D eigenvalue weighted by Crippen LogP contribution is -2.27. The topological polar surface area (TPSA) is 69.0 Å². The van der Waals surface area contributed by atoms with Crippen molar-refractivity contribution in [3.8, 4) is 0 Å². The summed E-state index contributed by atoms with van der Waals surface area (Å²) in [5.74, 6) is 1.02. The highest BCUT2D eigenvalue weighted by molar-refractivity contribution is 5.84. The zero-order valence-electron chi connectivity index (χ0n) is 17.5. The smallest absolute Gasteiger partial charge is 0.412 e. The van der Waals surface area contributed by atoms with Crippen LogP contribution in [0.3, 0.4) is 0 Å². The number of amides is 1. The SMILES string of the molecule is CCc1nc2c(C)cc(C)nc2n1Cc1ccc(NC(=O)OC(C)(C)C)cc1. The average Bonchev–Trinajstić information content (AvgIpc) is 2.93. The maximum atomic E-state index is 11.9. The molecule has 3 aromatic rings. The van der Waals surface area contributed by atoms with E-state index in [2.05, 4.69) is 29.8 Å². The van der Waals surface area contributed by atoms with E-state index >= 15 is 0 Å².